The second-order valence-electron chi connectivity index (χ2n) is 3.05. The molecule has 4 nitrogen and oxygen atoms in total. The molecule has 16 heavy (non-hydrogen) atoms. The first-order valence-electron chi connectivity index (χ1n) is 4.43. The Morgan fingerprint density at radius 1 is 1.38 bits per heavy atom. The third kappa shape index (κ3) is 2.66. The van der Waals surface area contributed by atoms with Crippen molar-refractivity contribution >= 4 is 35.0 Å². The summed E-state index contributed by atoms with van der Waals surface area (Å²) in [6.07, 6.45) is 3.19. The Hall–Kier alpha value is -0.780. The molecule has 0 bridgehead atoms. The molecule has 0 aliphatic rings. The van der Waals surface area contributed by atoms with Crippen LogP contribution in [0.4, 0.5) is 0 Å². The van der Waals surface area contributed by atoms with E-state index in [0.717, 1.165) is 10.7 Å². The fourth-order valence-electron chi connectivity index (χ4n) is 1.10. The van der Waals surface area contributed by atoms with Gasteiger partial charge in [-0.25, -0.2) is 14.6 Å². The molecule has 0 saturated carbocycles. The van der Waals surface area contributed by atoms with Gasteiger partial charge in [0.25, 0.3) is 0 Å². The van der Waals surface area contributed by atoms with Gasteiger partial charge in [0, 0.05) is 24.0 Å². The van der Waals surface area contributed by atoms with Crippen LogP contribution in [0, 0.1) is 0 Å². The summed E-state index contributed by atoms with van der Waals surface area (Å²) >= 11 is 13.3. The first-order chi connectivity index (χ1) is 7.66. The average molecular weight is 275 g/mol. The van der Waals surface area contributed by atoms with Crippen LogP contribution in [0.15, 0.2) is 23.7 Å². The van der Waals surface area contributed by atoms with Gasteiger partial charge in [0.1, 0.15) is 11.5 Å². The Bertz CT molecular complexity index is 500. The molecule has 84 valence electrons. The van der Waals surface area contributed by atoms with Gasteiger partial charge in [-0.05, 0) is 11.6 Å². The number of aromatic nitrogens is 4. The first kappa shape index (κ1) is 11.7. The highest BCUT2D eigenvalue weighted by molar-refractivity contribution is 7.98. The number of nitrogens with zero attached hydrogens (tertiary/aromatic N) is 4. The predicted octanol–water partition coefficient (Wildman–Crippen LogP) is 2.81. The van der Waals surface area contributed by atoms with Crippen molar-refractivity contribution in [2.75, 3.05) is 0 Å². The Morgan fingerprint density at radius 3 is 2.81 bits per heavy atom. The van der Waals surface area contributed by atoms with Crippen molar-refractivity contribution in [1.29, 1.82) is 0 Å². The van der Waals surface area contributed by atoms with E-state index in [0.29, 0.717) is 15.9 Å². The van der Waals surface area contributed by atoms with E-state index in [9.17, 15) is 0 Å². The summed E-state index contributed by atoms with van der Waals surface area (Å²) in [7, 11) is 1.84. The lowest BCUT2D eigenvalue weighted by Gasteiger charge is -2.03. The molecular formula is C9H8Cl2N4S. The lowest BCUT2D eigenvalue weighted by molar-refractivity contribution is 0.685. The van der Waals surface area contributed by atoms with Crippen LogP contribution in [-0.2, 0) is 12.8 Å². The lowest BCUT2D eigenvalue weighted by atomic mass is 10.3. The normalized spacial score (nSPS) is 10.7. The molecule has 0 fully saturated rings. The minimum absolute atomic E-state index is 0.400. The van der Waals surface area contributed by atoms with E-state index in [1.54, 1.807) is 28.7 Å². The third-order valence-corrected chi connectivity index (χ3v) is 3.56. The van der Waals surface area contributed by atoms with Crippen LogP contribution in [0.3, 0.4) is 0 Å². The van der Waals surface area contributed by atoms with E-state index >= 15 is 0 Å². The quantitative estimate of drug-likeness (QED) is 0.638. The van der Waals surface area contributed by atoms with Gasteiger partial charge < -0.3 is 0 Å². The summed E-state index contributed by atoms with van der Waals surface area (Å²) in [5.41, 5.74) is 0.930. The summed E-state index contributed by atoms with van der Waals surface area (Å²) in [5, 5.41) is 5.84. The molecule has 0 amide bonds. The van der Waals surface area contributed by atoms with Gasteiger partial charge in [0.05, 0.1) is 0 Å². The fourth-order valence-corrected chi connectivity index (χ4v) is 2.48. The Balaban J connectivity index is 2.08. The number of halogens is 2. The first-order valence-corrected chi connectivity index (χ1v) is 6.17. The number of thioether (sulfide) groups is 1. The molecule has 0 N–H and O–H groups in total. The van der Waals surface area contributed by atoms with Gasteiger partial charge in [-0.15, -0.1) is 0 Å². The maximum absolute atomic E-state index is 6.03. The number of aryl methyl sites for hydroxylation is 1. The molecule has 2 aromatic rings. The second-order valence-corrected chi connectivity index (χ2v) is 4.79. The number of hydrogen-bond acceptors (Lipinski definition) is 4. The van der Waals surface area contributed by atoms with Crippen LogP contribution in [0.25, 0.3) is 0 Å². The molecule has 0 radical (unpaired) electrons. The molecule has 0 aromatic carbocycles. The summed E-state index contributed by atoms with van der Waals surface area (Å²) in [5.74, 6) is 0.690. The molecule has 2 aromatic heterocycles. The zero-order valence-electron chi connectivity index (χ0n) is 8.39. The van der Waals surface area contributed by atoms with E-state index in [-0.39, 0.29) is 0 Å². The highest BCUT2D eigenvalue weighted by Crippen LogP contribution is 2.25. The standard InChI is InChI=1S/C9H8Cl2N4S/c1-15-9(13-5-14-15)16-4-6-3-12-8(11)2-7(6)10/h2-3,5H,4H2,1H3. The second kappa shape index (κ2) is 5.03. The summed E-state index contributed by atoms with van der Waals surface area (Å²) in [4.78, 5) is 8.09. The van der Waals surface area contributed by atoms with Gasteiger partial charge in [-0.1, -0.05) is 35.0 Å². The zero-order valence-corrected chi connectivity index (χ0v) is 10.7. The lowest BCUT2D eigenvalue weighted by Crippen LogP contribution is -1.93. The molecule has 7 heteroatoms. The minimum atomic E-state index is 0.400. The molecule has 0 unspecified atom stereocenters. The van der Waals surface area contributed by atoms with Crippen molar-refractivity contribution in [2.45, 2.75) is 10.9 Å². The van der Waals surface area contributed by atoms with Crippen molar-refractivity contribution in [3.8, 4) is 0 Å². The Labute approximate surface area is 107 Å². The van der Waals surface area contributed by atoms with E-state index in [1.165, 1.54) is 6.33 Å². The number of hydrogen-bond donors (Lipinski definition) is 0. The molecule has 0 spiro atoms. The van der Waals surface area contributed by atoms with E-state index < -0.39 is 0 Å². The summed E-state index contributed by atoms with van der Waals surface area (Å²) in [6, 6.07) is 1.63. The molecule has 0 saturated heterocycles. The predicted molar refractivity (Wildman–Crippen MR) is 64.8 cm³/mol. The van der Waals surface area contributed by atoms with Crippen LogP contribution < -0.4 is 0 Å². The highest BCUT2D eigenvalue weighted by atomic mass is 35.5. The smallest absolute Gasteiger partial charge is 0.186 e. The maximum Gasteiger partial charge on any atom is 0.186 e. The molecule has 0 atom stereocenters. The zero-order chi connectivity index (χ0) is 11.5. The molecule has 2 rings (SSSR count). The van der Waals surface area contributed by atoms with Gasteiger partial charge in [0.2, 0.25) is 0 Å². The minimum Gasteiger partial charge on any atom is -0.244 e. The molecular weight excluding hydrogens is 267 g/mol. The van der Waals surface area contributed by atoms with E-state index in [2.05, 4.69) is 15.1 Å². The summed E-state index contributed by atoms with van der Waals surface area (Å²) in [6.45, 7) is 0. The summed E-state index contributed by atoms with van der Waals surface area (Å²) < 4.78 is 1.71. The van der Waals surface area contributed by atoms with Crippen LogP contribution in [0.1, 0.15) is 5.56 Å². The average Bonchev–Trinajstić information content (AvgIpc) is 2.63. The highest BCUT2D eigenvalue weighted by Gasteiger charge is 2.06. The fraction of sp³-hybridized carbons (Fsp3) is 0.222. The molecule has 0 aliphatic heterocycles. The third-order valence-electron chi connectivity index (χ3n) is 1.92. The monoisotopic (exact) mass is 274 g/mol. The van der Waals surface area contributed by atoms with Crippen LogP contribution >= 0.6 is 35.0 Å². The molecule has 2 heterocycles. The largest absolute Gasteiger partial charge is 0.244 e. The Morgan fingerprint density at radius 2 is 2.19 bits per heavy atom. The van der Waals surface area contributed by atoms with E-state index in [4.69, 9.17) is 23.2 Å². The molecule has 0 aliphatic carbocycles. The van der Waals surface area contributed by atoms with Crippen molar-refractivity contribution in [1.82, 2.24) is 19.7 Å². The Kier molecular flexibility index (Phi) is 3.68. The van der Waals surface area contributed by atoms with Gasteiger partial charge in [-0.3, -0.25) is 0 Å². The van der Waals surface area contributed by atoms with Gasteiger partial charge in [0.15, 0.2) is 5.16 Å². The van der Waals surface area contributed by atoms with Gasteiger partial charge >= 0.3 is 0 Å². The van der Waals surface area contributed by atoms with Crippen LogP contribution in [0.5, 0.6) is 0 Å². The number of pyridine rings is 1. The topological polar surface area (TPSA) is 43.6 Å². The van der Waals surface area contributed by atoms with Crippen molar-refractivity contribution in [3.63, 3.8) is 0 Å². The van der Waals surface area contributed by atoms with Crippen molar-refractivity contribution in [3.05, 3.63) is 34.3 Å². The van der Waals surface area contributed by atoms with Crippen molar-refractivity contribution in [2.24, 2.45) is 7.05 Å². The van der Waals surface area contributed by atoms with Crippen molar-refractivity contribution < 1.29 is 0 Å². The van der Waals surface area contributed by atoms with Gasteiger partial charge in [-0.2, -0.15) is 5.10 Å². The maximum atomic E-state index is 6.03. The van der Waals surface area contributed by atoms with Crippen LogP contribution in [0.2, 0.25) is 10.2 Å². The van der Waals surface area contributed by atoms with E-state index in [1.807, 2.05) is 7.05 Å². The number of rotatable bonds is 3. The van der Waals surface area contributed by atoms with Crippen LogP contribution in [-0.4, -0.2) is 19.7 Å². The SMILES string of the molecule is Cn1ncnc1SCc1cnc(Cl)cc1Cl.